The summed E-state index contributed by atoms with van der Waals surface area (Å²) in [5.41, 5.74) is 5.78. The van der Waals surface area contributed by atoms with Gasteiger partial charge in [0.15, 0.2) is 0 Å². The maximum atomic E-state index is 12.6. The average molecular weight is 319 g/mol. The van der Waals surface area contributed by atoms with Crippen LogP contribution in [0.2, 0.25) is 0 Å². The van der Waals surface area contributed by atoms with Crippen molar-refractivity contribution in [3.63, 3.8) is 0 Å². The van der Waals surface area contributed by atoms with E-state index in [1.165, 1.54) is 0 Å². The van der Waals surface area contributed by atoms with Crippen molar-refractivity contribution in [1.82, 2.24) is 0 Å². The molecule has 0 radical (unpaired) electrons. The second kappa shape index (κ2) is 6.50. The fourth-order valence-electron chi connectivity index (χ4n) is 1.47. The molecule has 0 amide bonds. The Labute approximate surface area is 115 Å². The normalized spacial score (nSPS) is 14.3. The van der Waals surface area contributed by atoms with Crippen molar-refractivity contribution in [3.05, 3.63) is 29.8 Å². The van der Waals surface area contributed by atoms with Crippen LogP contribution in [0.4, 0.5) is 30.7 Å². The van der Waals surface area contributed by atoms with E-state index >= 15 is 0 Å². The van der Waals surface area contributed by atoms with Crippen molar-refractivity contribution >= 4 is 0 Å². The molecule has 1 aromatic rings. The van der Waals surface area contributed by atoms with Gasteiger partial charge in [0, 0.05) is 12.5 Å². The highest BCUT2D eigenvalue weighted by atomic mass is 19.4. The van der Waals surface area contributed by atoms with Gasteiger partial charge in [0.2, 0.25) is 0 Å². The molecule has 0 aliphatic rings. The maximum absolute atomic E-state index is 12.6. The van der Waals surface area contributed by atoms with Crippen molar-refractivity contribution in [1.29, 1.82) is 0 Å². The van der Waals surface area contributed by atoms with Crippen LogP contribution in [0, 0.1) is 0 Å². The Morgan fingerprint density at radius 1 is 1.00 bits per heavy atom. The van der Waals surface area contributed by atoms with Gasteiger partial charge < -0.3 is 10.5 Å². The minimum atomic E-state index is -4.64. The molecule has 0 bridgehead atoms. The van der Waals surface area contributed by atoms with Crippen LogP contribution in [-0.2, 0) is 0 Å². The Hall–Kier alpha value is -1.51. The zero-order chi connectivity index (χ0) is 16.3. The second-order valence-electron chi connectivity index (χ2n) is 4.29. The molecule has 0 fully saturated rings. The summed E-state index contributed by atoms with van der Waals surface area (Å²) in [6.45, 7) is 0. The van der Waals surface area contributed by atoms with Crippen LogP contribution in [0.1, 0.15) is 24.4 Å². The highest BCUT2D eigenvalue weighted by molar-refractivity contribution is 5.29. The van der Waals surface area contributed by atoms with Gasteiger partial charge in [0.05, 0.1) is 0 Å². The summed E-state index contributed by atoms with van der Waals surface area (Å²) in [7, 11) is 0. The summed E-state index contributed by atoms with van der Waals surface area (Å²) in [6, 6.07) is 3.24. The third-order valence-electron chi connectivity index (χ3n) is 2.56. The molecule has 2 N–H and O–H groups in total. The van der Waals surface area contributed by atoms with Gasteiger partial charge in [0.25, 0.3) is 0 Å². The van der Waals surface area contributed by atoms with Crippen LogP contribution < -0.4 is 10.5 Å². The van der Waals surface area contributed by atoms with Crippen molar-refractivity contribution < 1.29 is 35.5 Å². The number of alkyl halides is 7. The van der Waals surface area contributed by atoms with Gasteiger partial charge in [-0.3, -0.25) is 0 Å². The molecule has 21 heavy (non-hydrogen) atoms. The summed E-state index contributed by atoms with van der Waals surface area (Å²) in [4.78, 5) is 0. The first kappa shape index (κ1) is 17.5. The molecule has 0 aromatic heterocycles. The molecule has 0 saturated carbocycles. The Kier molecular flexibility index (Phi) is 5.43. The van der Waals surface area contributed by atoms with Gasteiger partial charge in [-0.05, 0) is 24.1 Å². The largest absolute Gasteiger partial charge is 0.461 e. The molecule has 9 heteroatoms. The first-order valence-corrected chi connectivity index (χ1v) is 5.78. The van der Waals surface area contributed by atoms with Gasteiger partial charge in [-0.25, -0.2) is 0 Å². The quantitative estimate of drug-likeness (QED) is 0.795. The average Bonchev–Trinajstić information content (AvgIpc) is 2.35. The molecule has 120 valence electrons. The Morgan fingerprint density at radius 3 is 1.95 bits per heavy atom. The Morgan fingerprint density at radius 2 is 1.52 bits per heavy atom. The zero-order valence-corrected chi connectivity index (χ0v) is 10.5. The monoisotopic (exact) mass is 319 g/mol. The lowest BCUT2D eigenvalue weighted by Crippen LogP contribution is -2.33. The lowest BCUT2D eigenvalue weighted by Gasteiger charge is -2.18. The van der Waals surface area contributed by atoms with E-state index in [1.54, 1.807) is 0 Å². The Balaban J connectivity index is 2.65. The van der Waals surface area contributed by atoms with Crippen LogP contribution in [0.25, 0.3) is 0 Å². The standard InChI is InChI=1S/C12H12F7NO/c13-10(14)12(18,19)21-8-3-1-7(2-4-8)9(20)5-6-11(15,16)17/h1-4,9-10H,5-6,20H2/t9-/m1/s1. The molecule has 0 aliphatic carbocycles. The van der Waals surface area contributed by atoms with Crippen LogP contribution in [0.15, 0.2) is 24.3 Å². The maximum Gasteiger partial charge on any atom is 0.461 e. The first-order valence-electron chi connectivity index (χ1n) is 5.78. The van der Waals surface area contributed by atoms with Gasteiger partial charge >= 0.3 is 18.7 Å². The third kappa shape index (κ3) is 5.78. The summed E-state index contributed by atoms with van der Waals surface area (Å²) in [5, 5.41) is 0. The van der Waals surface area contributed by atoms with E-state index in [0.717, 1.165) is 24.3 Å². The van der Waals surface area contributed by atoms with Crippen LogP contribution in [-0.4, -0.2) is 18.7 Å². The molecular weight excluding hydrogens is 307 g/mol. The van der Waals surface area contributed by atoms with Gasteiger partial charge in [-0.2, -0.15) is 30.7 Å². The summed E-state index contributed by atoms with van der Waals surface area (Å²) >= 11 is 0. The number of rotatable bonds is 6. The molecule has 1 aromatic carbocycles. The SMILES string of the molecule is N[C@H](CCC(F)(F)F)c1ccc(OC(F)(F)C(F)F)cc1. The number of ether oxygens (including phenoxy) is 1. The first-order chi connectivity index (χ1) is 9.51. The van der Waals surface area contributed by atoms with Gasteiger partial charge in [0.1, 0.15) is 5.75 Å². The molecule has 0 unspecified atom stereocenters. The van der Waals surface area contributed by atoms with Crippen molar-refractivity contribution in [2.24, 2.45) is 5.73 Å². The highest BCUT2D eigenvalue weighted by Gasteiger charge is 2.43. The molecule has 0 saturated heterocycles. The predicted octanol–water partition coefficient (Wildman–Crippen LogP) is 4.27. The van der Waals surface area contributed by atoms with Gasteiger partial charge in [-0.1, -0.05) is 12.1 Å². The van der Waals surface area contributed by atoms with E-state index in [2.05, 4.69) is 4.74 Å². The molecule has 1 atom stereocenters. The predicted molar refractivity (Wildman–Crippen MR) is 60.2 cm³/mol. The van der Waals surface area contributed by atoms with Crippen LogP contribution >= 0.6 is 0 Å². The van der Waals surface area contributed by atoms with E-state index < -0.39 is 36.9 Å². The topological polar surface area (TPSA) is 35.2 Å². The summed E-state index contributed by atoms with van der Waals surface area (Å²) in [5.74, 6) is -0.535. The number of halogens is 7. The highest BCUT2D eigenvalue weighted by Crippen LogP contribution is 2.30. The van der Waals surface area contributed by atoms with Crippen LogP contribution in [0.5, 0.6) is 5.75 Å². The fraction of sp³-hybridized carbons (Fsp3) is 0.500. The fourth-order valence-corrected chi connectivity index (χ4v) is 1.47. The minimum absolute atomic E-state index is 0.256. The van der Waals surface area contributed by atoms with E-state index in [-0.39, 0.29) is 12.0 Å². The molecule has 1 rings (SSSR count). The van der Waals surface area contributed by atoms with Crippen molar-refractivity contribution in [2.45, 2.75) is 37.6 Å². The smallest absolute Gasteiger partial charge is 0.428 e. The van der Waals surface area contributed by atoms with E-state index in [0.29, 0.717) is 0 Å². The molecule has 0 spiro atoms. The minimum Gasteiger partial charge on any atom is -0.428 e. The summed E-state index contributed by atoms with van der Waals surface area (Å²) in [6.07, 6.45) is -14.4. The van der Waals surface area contributed by atoms with Crippen molar-refractivity contribution in [3.8, 4) is 5.75 Å². The van der Waals surface area contributed by atoms with Crippen molar-refractivity contribution in [2.75, 3.05) is 0 Å². The van der Waals surface area contributed by atoms with E-state index in [4.69, 9.17) is 5.73 Å². The number of benzene rings is 1. The lowest BCUT2D eigenvalue weighted by molar-refractivity contribution is -0.253. The van der Waals surface area contributed by atoms with E-state index in [1.807, 2.05) is 0 Å². The van der Waals surface area contributed by atoms with Crippen LogP contribution in [0.3, 0.4) is 0 Å². The van der Waals surface area contributed by atoms with Gasteiger partial charge in [-0.15, -0.1) is 0 Å². The Bertz CT molecular complexity index is 444. The number of hydrogen-bond acceptors (Lipinski definition) is 2. The summed E-state index contributed by atoms with van der Waals surface area (Å²) < 4.78 is 89.0. The molecule has 0 aliphatic heterocycles. The number of nitrogens with two attached hydrogens (primary N) is 1. The third-order valence-corrected chi connectivity index (χ3v) is 2.56. The number of hydrogen-bond donors (Lipinski definition) is 1. The lowest BCUT2D eigenvalue weighted by atomic mass is 10.0. The molecule has 2 nitrogen and oxygen atoms in total. The van der Waals surface area contributed by atoms with E-state index in [9.17, 15) is 30.7 Å². The molecular formula is C12H12F7NO. The molecule has 0 heterocycles. The zero-order valence-electron chi connectivity index (χ0n) is 10.5. The second-order valence-corrected chi connectivity index (χ2v) is 4.29.